The van der Waals surface area contributed by atoms with Gasteiger partial charge >= 0.3 is 0 Å². The maximum absolute atomic E-state index is 3.49. The number of thioether (sulfide) groups is 1. The summed E-state index contributed by atoms with van der Waals surface area (Å²) in [5.74, 6) is 2.57. The van der Waals surface area contributed by atoms with E-state index in [4.69, 9.17) is 0 Å². The van der Waals surface area contributed by atoms with E-state index in [9.17, 15) is 0 Å². The van der Waals surface area contributed by atoms with Crippen LogP contribution in [0, 0.1) is 6.92 Å². The summed E-state index contributed by atoms with van der Waals surface area (Å²) >= 11 is 2.08. The summed E-state index contributed by atoms with van der Waals surface area (Å²) in [6.45, 7) is 9.98. The molecule has 1 aliphatic heterocycles. The molecule has 19 heavy (non-hydrogen) atoms. The molecule has 0 unspecified atom stereocenters. The van der Waals surface area contributed by atoms with Gasteiger partial charge in [-0.3, -0.25) is 0 Å². The Balaban J connectivity index is 2.04. The second-order valence-electron chi connectivity index (χ2n) is 5.60. The number of benzene rings is 1. The first-order valence-corrected chi connectivity index (χ1v) is 8.48. The molecule has 0 bridgehead atoms. The number of nitrogens with one attached hydrogen (secondary N) is 1. The lowest BCUT2D eigenvalue weighted by Crippen LogP contribution is -2.26. The second-order valence-corrected chi connectivity index (χ2v) is 6.82. The van der Waals surface area contributed by atoms with Crippen LogP contribution in [0.4, 0.5) is 5.69 Å². The van der Waals surface area contributed by atoms with Gasteiger partial charge in [0.05, 0.1) is 0 Å². The minimum atomic E-state index is 0.543. The molecule has 0 spiro atoms. The second kappa shape index (κ2) is 7.20. The highest BCUT2D eigenvalue weighted by Crippen LogP contribution is 2.22. The molecule has 1 aromatic carbocycles. The SMILES string of the molecule is Cc1cc(N2CCCSCC2)ccc1CNC(C)C. The van der Waals surface area contributed by atoms with E-state index in [0.29, 0.717) is 6.04 Å². The van der Waals surface area contributed by atoms with Gasteiger partial charge < -0.3 is 10.2 Å². The molecule has 0 aromatic heterocycles. The molecule has 2 rings (SSSR count). The molecule has 1 N–H and O–H groups in total. The van der Waals surface area contributed by atoms with E-state index < -0.39 is 0 Å². The van der Waals surface area contributed by atoms with Gasteiger partial charge in [0.25, 0.3) is 0 Å². The third kappa shape index (κ3) is 4.43. The zero-order valence-electron chi connectivity index (χ0n) is 12.4. The van der Waals surface area contributed by atoms with E-state index in [1.165, 1.54) is 47.8 Å². The highest BCUT2D eigenvalue weighted by atomic mass is 32.2. The summed E-state index contributed by atoms with van der Waals surface area (Å²) in [7, 11) is 0. The molecular formula is C16H26N2S. The van der Waals surface area contributed by atoms with Crippen LogP contribution in [0.3, 0.4) is 0 Å². The zero-order chi connectivity index (χ0) is 13.7. The average Bonchev–Trinajstić information content (AvgIpc) is 2.66. The predicted octanol–water partition coefficient (Wildman–Crippen LogP) is 3.44. The minimum Gasteiger partial charge on any atom is -0.371 e. The molecule has 106 valence electrons. The molecule has 1 heterocycles. The zero-order valence-corrected chi connectivity index (χ0v) is 13.2. The van der Waals surface area contributed by atoms with Crippen LogP contribution in [0.25, 0.3) is 0 Å². The molecule has 0 saturated carbocycles. The third-order valence-corrected chi connectivity index (χ3v) is 4.66. The first-order valence-electron chi connectivity index (χ1n) is 7.32. The van der Waals surface area contributed by atoms with Gasteiger partial charge in [-0.1, -0.05) is 19.9 Å². The Bertz CT molecular complexity index is 396. The molecule has 1 aromatic rings. The van der Waals surface area contributed by atoms with Crippen LogP contribution in [-0.4, -0.2) is 30.6 Å². The van der Waals surface area contributed by atoms with E-state index in [0.717, 1.165) is 6.54 Å². The topological polar surface area (TPSA) is 15.3 Å². The first-order chi connectivity index (χ1) is 9.16. The molecule has 0 aliphatic carbocycles. The molecule has 1 fully saturated rings. The summed E-state index contributed by atoms with van der Waals surface area (Å²) in [6.07, 6.45) is 1.31. The minimum absolute atomic E-state index is 0.543. The summed E-state index contributed by atoms with van der Waals surface area (Å²) < 4.78 is 0. The van der Waals surface area contributed by atoms with E-state index in [2.05, 4.69) is 60.9 Å². The van der Waals surface area contributed by atoms with Crippen LogP contribution in [-0.2, 0) is 6.54 Å². The van der Waals surface area contributed by atoms with Crippen molar-refractivity contribution in [2.24, 2.45) is 0 Å². The molecule has 1 aliphatic rings. The highest BCUT2D eigenvalue weighted by Gasteiger charge is 2.11. The number of hydrogen-bond acceptors (Lipinski definition) is 3. The molecular weight excluding hydrogens is 252 g/mol. The van der Waals surface area contributed by atoms with Gasteiger partial charge in [-0.15, -0.1) is 0 Å². The summed E-state index contributed by atoms with van der Waals surface area (Å²) in [5.41, 5.74) is 4.22. The van der Waals surface area contributed by atoms with Gasteiger partial charge in [-0.25, -0.2) is 0 Å². The summed E-state index contributed by atoms with van der Waals surface area (Å²) in [6, 6.07) is 7.48. The van der Waals surface area contributed by atoms with Gasteiger partial charge in [-0.2, -0.15) is 11.8 Å². The highest BCUT2D eigenvalue weighted by molar-refractivity contribution is 7.99. The Hall–Kier alpha value is -0.670. The van der Waals surface area contributed by atoms with E-state index in [1.807, 2.05) is 0 Å². The average molecular weight is 278 g/mol. The molecule has 2 nitrogen and oxygen atoms in total. The van der Waals surface area contributed by atoms with Crippen LogP contribution in [0.2, 0.25) is 0 Å². The quantitative estimate of drug-likeness (QED) is 0.908. The molecule has 0 atom stereocenters. The van der Waals surface area contributed by atoms with Crippen molar-refractivity contribution in [3.05, 3.63) is 29.3 Å². The van der Waals surface area contributed by atoms with Gasteiger partial charge in [0, 0.05) is 37.1 Å². The number of rotatable bonds is 4. The maximum Gasteiger partial charge on any atom is 0.0369 e. The maximum atomic E-state index is 3.49. The molecule has 3 heteroatoms. The van der Waals surface area contributed by atoms with Crippen LogP contribution in [0.15, 0.2) is 18.2 Å². The summed E-state index contributed by atoms with van der Waals surface area (Å²) in [4.78, 5) is 2.53. The Morgan fingerprint density at radius 1 is 1.26 bits per heavy atom. The van der Waals surface area contributed by atoms with Crippen molar-refractivity contribution < 1.29 is 0 Å². The van der Waals surface area contributed by atoms with Crippen molar-refractivity contribution in [2.75, 3.05) is 29.5 Å². The van der Waals surface area contributed by atoms with E-state index >= 15 is 0 Å². The van der Waals surface area contributed by atoms with Crippen LogP contribution in [0.5, 0.6) is 0 Å². The Kier molecular flexibility index (Phi) is 5.59. The number of nitrogens with zero attached hydrogens (tertiary/aromatic N) is 1. The van der Waals surface area contributed by atoms with Gasteiger partial charge in [0.15, 0.2) is 0 Å². The van der Waals surface area contributed by atoms with E-state index in [-0.39, 0.29) is 0 Å². The Morgan fingerprint density at radius 2 is 2.11 bits per heavy atom. The van der Waals surface area contributed by atoms with E-state index in [1.54, 1.807) is 0 Å². The third-order valence-electron chi connectivity index (χ3n) is 3.61. The van der Waals surface area contributed by atoms with Crippen LogP contribution >= 0.6 is 11.8 Å². The lowest BCUT2D eigenvalue weighted by atomic mass is 10.1. The van der Waals surface area contributed by atoms with Crippen molar-refractivity contribution >= 4 is 17.4 Å². The standard InChI is InChI=1S/C16H26N2S/c1-13(2)17-12-15-5-6-16(11-14(15)3)18-7-4-9-19-10-8-18/h5-6,11,13,17H,4,7-10,12H2,1-3H3. The fourth-order valence-corrected chi connectivity index (χ4v) is 3.28. The van der Waals surface area contributed by atoms with Crippen LogP contribution < -0.4 is 10.2 Å². The van der Waals surface area contributed by atoms with Gasteiger partial charge in [0.1, 0.15) is 0 Å². The van der Waals surface area contributed by atoms with Crippen molar-refractivity contribution in [1.29, 1.82) is 0 Å². The predicted molar refractivity (Wildman–Crippen MR) is 87.3 cm³/mol. The smallest absolute Gasteiger partial charge is 0.0369 e. The molecule has 0 radical (unpaired) electrons. The number of aryl methyl sites for hydroxylation is 1. The lowest BCUT2D eigenvalue weighted by molar-refractivity contribution is 0.587. The Labute approximate surface area is 122 Å². The van der Waals surface area contributed by atoms with Gasteiger partial charge in [0.2, 0.25) is 0 Å². The summed E-state index contributed by atoms with van der Waals surface area (Å²) in [5, 5.41) is 3.49. The van der Waals surface area contributed by atoms with Crippen molar-refractivity contribution in [3.63, 3.8) is 0 Å². The number of hydrogen-bond donors (Lipinski definition) is 1. The normalized spacial score (nSPS) is 16.7. The van der Waals surface area contributed by atoms with Gasteiger partial charge in [-0.05, 0) is 42.4 Å². The Morgan fingerprint density at radius 3 is 2.84 bits per heavy atom. The number of anilines is 1. The fourth-order valence-electron chi connectivity index (χ4n) is 2.39. The lowest BCUT2D eigenvalue weighted by Gasteiger charge is -2.23. The van der Waals surface area contributed by atoms with Crippen molar-refractivity contribution in [2.45, 2.75) is 39.8 Å². The fraction of sp³-hybridized carbons (Fsp3) is 0.625. The first kappa shape index (κ1) is 14.7. The largest absolute Gasteiger partial charge is 0.371 e. The van der Waals surface area contributed by atoms with Crippen LogP contribution in [0.1, 0.15) is 31.4 Å². The molecule has 0 amide bonds. The monoisotopic (exact) mass is 278 g/mol. The van der Waals surface area contributed by atoms with Crippen molar-refractivity contribution in [3.8, 4) is 0 Å². The van der Waals surface area contributed by atoms with Crippen molar-refractivity contribution in [1.82, 2.24) is 5.32 Å². The molecule has 1 saturated heterocycles.